The molecule has 16 nitrogen and oxygen atoms in total. The molecule has 0 spiro atoms. The Kier molecular flexibility index (Phi) is 16.7. The fourth-order valence-corrected chi connectivity index (χ4v) is 6.47. The molecule has 2 aromatic heterocycles. The van der Waals surface area contributed by atoms with Crippen molar-refractivity contribution in [1.82, 2.24) is 30.6 Å². The first kappa shape index (κ1) is 45.0. The van der Waals surface area contributed by atoms with Crippen LogP contribution in [0.4, 0.5) is 0 Å². The van der Waals surface area contributed by atoms with Crippen LogP contribution in [0.2, 0.25) is 5.02 Å². The van der Waals surface area contributed by atoms with Crippen LogP contribution in [0.25, 0.3) is 11.1 Å². The molecule has 0 amide bonds. The summed E-state index contributed by atoms with van der Waals surface area (Å²) in [7, 11) is 2.51. The lowest BCUT2D eigenvalue weighted by Crippen LogP contribution is -2.40. The number of benzene rings is 3. The van der Waals surface area contributed by atoms with Gasteiger partial charge in [-0.2, -0.15) is 5.26 Å². The normalized spacial score (nSPS) is 12.0. The number of nitrogens with zero attached hydrogens (tertiary/aromatic N) is 5. The molecule has 17 heteroatoms. The maximum atomic E-state index is 12.1. The van der Waals surface area contributed by atoms with Gasteiger partial charge in [0.2, 0.25) is 0 Å². The zero-order chi connectivity index (χ0) is 43.0. The van der Waals surface area contributed by atoms with Crippen molar-refractivity contribution in [2.45, 2.75) is 65.2 Å². The number of methoxy groups -OCH3 is 2. The summed E-state index contributed by atoms with van der Waals surface area (Å²) in [6, 6.07) is 17.3. The van der Waals surface area contributed by atoms with Crippen LogP contribution >= 0.6 is 11.6 Å². The van der Waals surface area contributed by atoms with E-state index < -0.39 is 37.2 Å². The molecule has 0 fully saturated rings. The Morgan fingerprint density at radius 3 is 2.22 bits per heavy atom. The topological polar surface area (TPSA) is 212 Å². The molecular formula is C43H48ClN7O9. The number of nitrogens with one attached hydrogen (secondary N) is 2. The molecule has 0 saturated carbocycles. The van der Waals surface area contributed by atoms with Crippen LogP contribution in [0.15, 0.2) is 73.2 Å². The second-order valence-electron chi connectivity index (χ2n) is 13.6. The van der Waals surface area contributed by atoms with Gasteiger partial charge in [0.25, 0.3) is 0 Å². The van der Waals surface area contributed by atoms with Crippen LogP contribution in [0.3, 0.4) is 0 Å². The van der Waals surface area contributed by atoms with Crippen molar-refractivity contribution in [3.05, 3.63) is 117 Å². The van der Waals surface area contributed by atoms with Crippen molar-refractivity contribution in [3.8, 4) is 34.4 Å². The van der Waals surface area contributed by atoms with Gasteiger partial charge in [-0.25, -0.2) is 0 Å². The first-order valence-electron chi connectivity index (χ1n) is 19.0. The number of aromatic nitrogens is 4. The number of hydrogen-bond acceptors (Lipinski definition) is 15. The van der Waals surface area contributed by atoms with Crippen molar-refractivity contribution in [2.24, 2.45) is 0 Å². The number of aliphatic hydroxyl groups excluding tert-OH is 2. The molecule has 0 aliphatic carbocycles. The van der Waals surface area contributed by atoms with Crippen molar-refractivity contribution >= 4 is 23.5 Å². The third-order valence-corrected chi connectivity index (χ3v) is 9.91. The van der Waals surface area contributed by atoms with E-state index in [1.54, 1.807) is 35.3 Å². The molecule has 0 aliphatic rings. The predicted molar refractivity (Wildman–Crippen MR) is 220 cm³/mol. The number of rotatable bonds is 22. The maximum Gasteiger partial charge on any atom is 0.325 e. The first-order chi connectivity index (χ1) is 29.1. The Morgan fingerprint density at radius 2 is 1.52 bits per heavy atom. The van der Waals surface area contributed by atoms with Crippen LogP contribution < -0.4 is 24.8 Å². The summed E-state index contributed by atoms with van der Waals surface area (Å²) in [4.78, 5) is 27.9. The molecule has 0 aliphatic heterocycles. The van der Waals surface area contributed by atoms with Crippen molar-refractivity contribution in [1.29, 1.82) is 5.26 Å². The van der Waals surface area contributed by atoms with Crippen LogP contribution in [-0.4, -0.2) is 88.3 Å². The van der Waals surface area contributed by atoms with E-state index in [0.29, 0.717) is 58.5 Å². The smallest absolute Gasteiger partial charge is 0.325 e. The average molecular weight is 842 g/mol. The van der Waals surface area contributed by atoms with Crippen LogP contribution in [0.1, 0.15) is 45.5 Å². The number of carbonyl (C=O) groups excluding carboxylic acids is 2. The molecule has 5 rings (SSSR count). The van der Waals surface area contributed by atoms with E-state index in [0.717, 1.165) is 33.6 Å². The Labute approximate surface area is 353 Å². The molecule has 2 atom stereocenters. The fraction of sp³-hybridized carbons (Fsp3) is 0.349. The van der Waals surface area contributed by atoms with E-state index in [2.05, 4.69) is 48.9 Å². The van der Waals surface area contributed by atoms with E-state index in [9.17, 15) is 25.1 Å². The monoisotopic (exact) mass is 841 g/mol. The number of hydrogen-bond donors (Lipinski definition) is 4. The molecule has 316 valence electrons. The summed E-state index contributed by atoms with van der Waals surface area (Å²) in [6.45, 7) is 4.86. The van der Waals surface area contributed by atoms with Gasteiger partial charge in [0, 0.05) is 61.8 Å². The molecule has 0 bridgehead atoms. The van der Waals surface area contributed by atoms with Crippen LogP contribution in [0.5, 0.6) is 17.2 Å². The first-order valence-corrected chi connectivity index (χ1v) is 19.4. The summed E-state index contributed by atoms with van der Waals surface area (Å²) >= 11 is 6.76. The minimum absolute atomic E-state index is 0.0921. The molecular weight excluding hydrogens is 794 g/mol. The number of aliphatic hydroxyl groups is 2. The largest absolute Gasteiger partial charge is 0.493 e. The Hall–Kier alpha value is -6.09. The van der Waals surface area contributed by atoms with E-state index >= 15 is 0 Å². The number of nitriles is 1. The standard InChI is InChI=1S/C43H48ClN7O9/c1-27-31(26-60-41-16-40(59-25-30-14-29(17-45)18-46-19-30)32(15-36(41)44)20-47-37(23-52)42(54)56-3)8-5-9-34(27)35-10-6-11-39(28(35)2)58-13-7-12-51-22-33(49-50-51)21-48-38(24-53)43(55)57-4/h5-6,8-11,14-16,18-19,22,37-38,47-48,52-53H,7,12-13,20-21,23-26H2,1-4H3/t37-,38-/m1/s1. The third-order valence-electron chi connectivity index (χ3n) is 9.62. The molecule has 0 unspecified atom stereocenters. The molecule has 3 aromatic carbocycles. The van der Waals surface area contributed by atoms with Gasteiger partial charge in [0.15, 0.2) is 0 Å². The second kappa shape index (κ2) is 22.3. The number of carbonyl (C=O) groups is 2. The minimum Gasteiger partial charge on any atom is -0.493 e. The number of ether oxygens (including phenoxy) is 5. The van der Waals surface area contributed by atoms with Gasteiger partial charge in [-0.3, -0.25) is 29.9 Å². The predicted octanol–water partition coefficient (Wildman–Crippen LogP) is 4.36. The summed E-state index contributed by atoms with van der Waals surface area (Å²) in [6.07, 6.45) is 5.51. The highest BCUT2D eigenvalue weighted by Gasteiger charge is 2.21. The van der Waals surface area contributed by atoms with Crippen molar-refractivity contribution in [3.63, 3.8) is 0 Å². The summed E-state index contributed by atoms with van der Waals surface area (Å²) in [5.74, 6) is 0.376. The quantitative estimate of drug-likeness (QED) is 0.0564. The van der Waals surface area contributed by atoms with Crippen molar-refractivity contribution < 1.29 is 43.5 Å². The lowest BCUT2D eigenvalue weighted by atomic mass is 9.93. The lowest BCUT2D eigenvalue weighted by molar-refractivity contribution is -0.145. The zero-order valence-electron chi connectivity index (χ0n) is 33.8. The molecule has 0 saturated heterocycles. The molecule has 2 heterocycles. The van der Waals surface area contributed by atoms with Gasteiger partial charge in [0.05, 0.1) is 50.3 Å². The van der Waals surface area contributed by atoms with E-state index in [-0.39, 0.29) is 26.3 Å². The summed E-state index contributed by atoms with van der Waals surface area (Å²) in [5, 5.41) is 42.9. The summed E-state index contributed by atoms with van der Waals surface area (Å²) < 4.78 is 29.9. The molecule has 4 N–H and O–H groups in total. The van der Waals surface area contributed by atoms with E-state index in [1.807, 2.05) is 38.1 Å². The van der Waals surface area contributed by atoms with Gasteiger partial charge < -0.3 is 33.9 Å². The van der Waals surface area contributed by atoms with Gasteiger partial charge in [-0.15, -0.1) is 5.10 Å². The highest BCUT2D eigenvalue weighted by molar-refractivity contribution is 6.32. The number of halogens is 1. The van der Waals surface area contributed by atoms with E-state index in [4.69, 9.17) is 30.5 Å². The summed E-state index contributed by atoms with van der Waals surface area (Å²) in [5.41, 5.74) is 7.26. The van der Waals surface area contributed by atoms with E-state index in [1.165, 1.54) is 20.4 Å². The fourth-order valence-electron chi connectivity index (χ4n) is 6.23. The molecule has 5 aromatic rings. The van der Waals surface area contributed by atoms with Gasteiger partial charge in [-0.1, -0.05) is 47.1 Å². The van der Waals surface area contributed by atoms with Gasteiger partial charge in [-0.05, 0) is 59.9 Å². The highest BCUT2D eigenvalue weighted by Crippen LogP contribution is 2.36. The zero-order valence-corrected chi connectivity index (χ0v) is 34.6. The number of esters is 2. The molecule has 60 heavy (non-hydrogen) atoms. The third kappa shape index (κ3) is 12.0. The minimum atomic E-state index is -0.960. The SMILES string of the molecule is COC(=O)[C@@H](CO)NCc1cn(CCCOc2cccc(-c3cccc(COc4cc(OCc5cncc(C#N)c5)c(CN[C@H](CO)C(=O)OC)cc4Cl)c3C)c2C)nn1. The Bertz CT molecular complexity index is 2280. The van der Waals surface area contributed by atoms with Crippen LogP contribution in [0, 0.1) is 25.2 Å². The Morgan fingerprint density at radius 1 is 0.833 bits per heavy atom. The number of pyridine rings is 1. The Balaban J connectivity index is 1.24. The highest BCUT2D eigenvalue weighted by atomic mass is 35.5. The van der Waals surface area contributed by atoms with Gasteiger partial charge in [0.1, 0.15) is 48.6 Å². The second-order valence-corrected chi connectivity index (χ2v) is 14.0. The van der Waals surface area contributed by atoms with Crippen LogP contribution in [-0.2, 0) is 51.9 Å². The van der Waals surface area contributed by atoms with Gasteiger partial charge >= 0.3 is 11.9 Å². The lowest BCUT2D eigenvalue weighted by Gasteiger charge is -2.19. The molecule has 0 radical (unpaired) electrons. The maximum absolute atomic E-state index is 12.1. The number of aryl methyl sites for hydroxylation is 1. The van der Waals surface area contributed by atoms with Crippen molar-refractivity contribution in [2.75, 3.05) is 34.0 Å². The average Bonchev–Trinajstić information content (AvgIpc) is 3.73.